The van der Waals surface area contributed by atoms with E-state index in [4.69, 9.17) is 4.74 Å². The van der Waals surface area contributed by atoms with E-state index in [1.54, 1.807) is 26.8 Å². The Morgan fingerprint density at radius 1 is 1.12 bits per heavy atom. The molecule has 1 rings (SSSR count). The molecule has 9 heteroatoms. The van der Waals surface area contributed by atoms with Crippen LogP contribution < -0.4 is 10.6 Å². The van der Waals surface area contributed by atoms with Crippen molar-refractivity contribution in [2.24, 2.45) is 5.92 Å². The number of nitrogens with one attached hydrogen (secondary N) is 2. The first-order valence-corrected chi connectivity index (χ1v) is 11.4. The third-order valence-corrected chi connectivity index (χ3v) is 5.49. The standard InChI is InChI=1S/C25H39N3O6/c1-10-16(3)20(27-24(32)34-25(5,6)7)23(31)28(8)21(22(30)26-14-19(29)33-9)18-12-11-15(2)13-17(18)4/h11-13,16,20-21H,10,14H2,1-9H3,(H,26,30)(H,27,32). The zero-order valence-corrected chi connectivity index (χ0v) is 21.8. The highest BCUT2D eigenvalue weighted by molar-refractivity contribution is 5.93. The number of benzene rings is 1. The minimum absolute atomic E-state index is 0.222. The van der Waals surface area contributed by atoms with Gasteiger partial charge in [-0.15, -0.1) is 0 Å². The predicted molar refractivity (Wildman–Crippen MR) is 129 cm³/mol. The normalized spacial score (nSPS) is 13.8. The van der Waals surface area contributed by atoms with Crippen LogP contribution in [0.3, 0.4) is 0 Å². The molecule has 2 N–H and O–H groups in total. The smallest absolute Gasteiger partial charge is 0.408 e. The lowest BCUT2D eigenvalue weighted by Crippen LogP contribution is -2.54. The SMILES string of the molecule is CCC(C)C(NC(=O)OC(C)(C)C)C(=O)N(C)C(C(=O)NCC(=O)OC)c1ccc(C)cc1C. The van der Waals surface area contributed by atoms with E-state index in [0.717, 1.165) is 11.1 Å². The largest absolute Gasteiger partial charge is 0.468 e. The summed E-state index contributed by atoms with van der Waals surface area (Å²) in [7, 11) is 2.74. The van der Waals surface area contributed by atoms with Crippen molar-refractivity contribution in [3.63, 3.8) is 0 Å². The number of hydrogen-bond donors (Lipinski definition) is 2. The van der Waals surface area contributed by atoms with Gasteiger partial charge in [-0.2, -0.15) is 0 Å². The van der Waals surface area contributed by atoms with Gasteiger partial charge in [0.15, 0.2) is 0 Å². The van der Waals surface area contributed by atoms with Crippen molar-refractivity contribution in [1.29, 1.82) is 0 Å². The molecule has 190 valence electrons. The van der Waals surface area contributed by atoms with E-state index in [2.05, 4.69) is 15.4 Å². The summed E-state index contributed by atoms with van der Waals surface area (Å²) in [6, 6.07) is 3.62. The molecule has 0 fully saturated rings. The maximum Gasteiger partial charge on any atom is 0.408 e. The summed E-state index contributed by atoms with van der Waals surface area (Å²) in [4.78, 5) is 52.2. The zero-order valence-electron chi connectivity index (χ0n) is 21.8. The van der Waals surface area contributed by atoms with Crippen molar-refractivity contribution in [2.75, 3.05) is 20.7 Å². The number of ether oxygens (including phenoxy) is 2. The fourth-order valence-electron chi connectivity index (χ4n) is 3.45. The first-order valence-electron chi connectivity index (χ1n) is 11.4. The Balaban J connectivity index is 3.34. The number of methoxy groups -OCH3 is 1. The zero-order chi connectivity index (χ0) is 26.2. The van der Waals surface area contributed by atoms with Gasteiger partial charge in [0.05, 0.1) is 7.11 Å². The molecule has 0 aliphatic rings. The van der Waals surface area contributed by atoms with Crippen molar-refractivity contribution < 1.29 is 28.7 Å². The van der Waals surface area contributed by atoms with E-state index < -0.39 is 41.6 Å². The lowest BCUT2D eigenvalue weighted by atomic mass is 9.94. The molecule has 0 saturated heterocycles. The maximum atomic E-state index is 13.6. The third-order valence-electron chi connectivity index (χ3n) is 5.49. The van der Waals surface area contributed by atoms with Gasteiger partial charge in [-0.05, 0) is 51.7 Å². The van der Waals surface area contributed by atoms with Crippen molar-refractivity contribution in [1.82, 2.24) is 15.5 Å². The van der Waals surface area contributed by atoms with Gasteiger partial charge in [0.25, 0.3) is 0 Å². The van der Waals surface area contributed by atoms with Gasteiger partial charge in [-0.1, -0.05) is 44.0 Å². The van der Waals surface area contributed by atoms with Crippen LogP contribution in [0.4, 0.5) is 4.79 Å². The number of rotatable bonds is 9. The molecule has 1 aromatic rings. The molecule has 0 bridgehead atoms. The molecule has 34 heavy (non-hydrogen) atoms. The predicted octanol–water partition coefficient (Wildman–Crippen LogP) is 3.03. The second-order valence-corrected chi connectivity index (χ2v) is 9.52. The van der Waals surface area contributed by atoms with Crippen molar-refractivity contribution in [2.45, 2.75) is 72.6 Å². The van der Waals surface area contributed by atoms with E-state index in [1.807, 2.05) is 39.8 Å². The Hall–Kier alpha value is -3.10. The van der Waals surface area contributed by atoms with Crippen LogP contribution in [0.5, 0.6) is 0 Å². The summed E-state index contributed by atoms with van der Waals surface area (Å²) >= 11 is 0. The highest BCUT2D eigenvalue weighted by Crippen LogP contribution is 2.26. The molecule has 9 nitrogen and oxygen atoms in total. The van der Waals surface area contributed by atoms with Gasteiger partial charge in [-0.3, -0.25) is 14.4 Å². The molecule has 1 aromatic carbocycles. The van der Waals surface area contributed by atoms with Gasteiger partial charge in [0.1, 0.15) is 24.2 Å². The van der Waals surface area contributed by atoms with Crippen LogP contribution in [0, 0.1) is 19.8 Å². The Bertz CT molecular complexity index is 893. The quantitative estimate of drug-likeness (QED) is 0.529. The first-order chi connectivity index (χ1) is 15.7. The van der Waals surface area contributed by atoms with Crippen LogP contribution in [0.15, 0.2) is 18.2 Å². The van der Waals surface area contributed by atoms with Gasteiger partial charge >= 0.3 is 12.1 Å². The molecule has 0 aliphatic heterocycles. The van der Waals surface area contributed by atoms with Gasteiger partial charge in [0, 0.05) is 7.05 Å². The number of amides is 3. The van der Waals surface area contributed by atoms with Crippen molar-refractivity contribution >= 4 is 23.9 Å². The summed E-state index contributed by atoms with van der Waals surface area (Å²) < 4.78 is 9.95. The van der Waals surface area contributed by atoms with E-state index in [9.17, 15) is 19.2 Å². The second kappa shape index (κ2) is 12.4. The summed E-state index contributed by atoms with van der Waals surface area (Å²) in [5.41, 5.74) is 1.71. The molecule has 3 atom stereocenters. The molecule has 0 aromatic heterocycles. The number of esters is 1. The summed E-state index contributed by atoms with van der Waals surface area (Å²) in [6.07, 6.45) is -0.0965. The first kappa shape index (κ1) is 28.9. The van der Waals surface area contributed by atoms with Crippen molar-refractivity contribution in [3.05, 3.63) is 34.9 Å². The Morgan fingerprint density at radius 3 is 2.24 bits per heavy atom. The van der Waals surface area contributed by atoms with Gasteiger partial charge in [-0.25, -0.2) is 4.79 Å². The summed E-state index contributed by atoms with van der Waals surface area (Å²) in [5, 5.41) is 5.22. The monoisotopic (exact) mass is 477 g/mol. The molecular formula is C25H39N3O6. The molecule has 0 radical (unpaired) electrons. The van der Waals surface area contributed by atoms with Crippen LogP contribution in [0.2, 0.25) is 0 Å². The molecule has 0 heterocycles. The molecular weight excluding hydrogens is 438 g/mol. The van der Waals surface area contributed by atoms with Crippen LogP contribution >= 0.6 is 0 Å². The average molecular weight is 478 g/mol. The summed E-state index contributed by atoms with van der Waals surface area (Å²) in [5.74, 6) is -1.81. The minimum atomic E-state index is -1.02. The van der Waals surface area contributed by atoms with E-state index in [1.165, 1.54) is 19.1 Å². The second-order valence-electron chi connectivity index (χ2n) is 9.52. The Labute approximate surface area is 202 Å². The molecule has 3 unspecified atom stereocenters. The highest BCUT2D eigenvalue weighted by Gasteiger charge is 2.36. The number of nitrogens with zero attached hydrogens (tertiary/aromatic N) is 1. The Morgan fingerprint density at radius 2 is 1.74 bits per heavy atom. The number of likely N-dealkylation sites (N-methyl/N-ethyl adjacent to an activating group) is 1. The Kier molecular flexibility index (Phi) is 10.5. The number of carbonyl (C=O) groups excluding carboxylic acids is 4. The lowest BCUT2D eigenvalue weighted by molar-refractivity contribution is -0.144. The number of carbonyl (C=O) groups is 4. The molecule has 0 aliphatic carbocycles. The van der Waals surface area contributed by atoms with Crippen LogP contribution in [0.25, 0.3) is 0 Å². The average Bonchev–Trinajstić information content (AvgIpc) is 2.74. The van der Waals surface area contributed by atoms with E-state index in [0.29, 0.717) is 12.0 Å². The number of aryl methyl sites for hydroxylation is 2. The number of hydrogen-bond acceptors (Lipinski definition) is 6. The highest BCUT2D eigenvalue weighted by atomic mass is 16.6. The molecule has 0 spiro atoms. The fourth-order valence-corrected chi connectivity index (χ4v) is 3.45. The van der Waals surface area contributed by atoms with Crippen LogP contribution in [-0.2, 0) is 23.9 Å². The van der Waals surface area contributed by atoms with E-state index in [-0.39, 0.29) is 12.5 Å². The lowest BCUT2D eigenvalue weighted by Gasteiger charge is -2.34. The minimum Gasteiger partial charge on any atom is -0.468 e. The van der Waals surface area contributed by atoms with Gasteiger partial charge in [0.2, 0.25) is 11.8 Å². The van der Waals surface area contributed by atoms with Crippen molar-refractivity contribution in [3.8, 4) is 0 Å². The summed E-state index contributed by atoms with van der Waals surface area (Å²) in [6.45, 7) is 12.4. The van der Waals surface area contributed by atoms with Crippen LogP contribution in [-0.4, -0.2) is 61.1 Å². The maximum absolute atomic E-state index is 13.6. The molecule has 3 amide bonds. The number of alkyl carbamates (subject to hydrolysis) is 1. The van der Waals surface area contributed by atoms with Gasteiger partial charge < -0.3 is 25.0 Å². The van der Waals surface area contributed by atoms with Crippen LogP contribution in [0.1, 0.15) is 63.8 Å². The van der Waals surface area contributed by atoms with E-state index >= 15 is 0 Å². The molecule has 0 saturated carbocycles. The fraction of sp³-hybridized carbons (Fsp3) is 0.600. The third kappa shape index (κ3) is 8.35. The topological polar surface area (TPSA) is 114 Å².